The molecule has 2 N–H and O–H groups in total. The van der Waals surface area contributed by atoms with Gasteiger partial charge >= 0.3 is 0 Å². The van der Waals surface area contributed by atoms with Crippen LogP contribution in [-0.2, 0) is 14.2 Å². The minimum Gasteiger partial charge on any atom is -0.387 e. The maximum atomic E-state index is 13.5. The Morgan fingerprint density at radius 2 is 1.95 bits per heavy atom. The molecule has 2 rings (SSSR count). The van der Waals surface area contributed by atoms with E-state index < -0.39 is 37.1 Å². The number of hydrogen-bond donors (Lipinski definition) is 2. The number of fused-ring (bicyclic) bond motifs is 1. The molecule has 2 saturated heterocycles. The van der Waals surface area contributed by atoms with E-state index in [0.29, 0.717) is 0 Å². The maximum Gasteiger partial charge on any atom is 0.189 e. The quantitative estimate of drug-likeness (QED) is 0.737. The lowest BCUT2D eigenvalue weighted by molar-refractivity contribution is -0.344. The number of alkyl halides is 1. The minimum atomic E-state index is -1.83. The number of aliphatic hydroxyl groups excluding tert-OH is 2. The monoisotopic (exact) mass is 278 g/mol. The summed E-state index contributed by atoms with van der Waals surface area (Å²) in [5, 5.41) is 19.1. The van der Waals surface area contributed by atoms with E-state index >= 15 is 0 Å². The first-order valence-electron chi connectivity index (χ1n) is 7.06. The van der Waals surface area contributed by atoms with Crippen LogP contribution in [0.15, 0.2) is 0 Å². The Morgan fingerprint density at radius 3 is 2.68 bits per heavy atom. The van der Waals surface area contributed by atoms with E-state index in [4.69, 9.17) is 14.2 Å². The van der Waals surface area contributed by atoms with Gasteiger partial charge in [0.05, 0.1) is 6.61 Å². The second kappa shape index (κ2) is 6.95. The van der Waals surface area contributed by atoms with Crippen LogP contribution in [0.1, 0.15) is 39.0 Å². The Labute approximate surface area is 112 Å². The van der Waals surface area contributed by atoms with Crippen molar-refractivity contribution in [2.75, 3.05) is 6.61 Å². The van der Waals surface area contributed by atoms with Gasteiger partial charge in [0, 0.05) is 0 Å². The van der Waals surface area contributed by atoms with Crippen LogP contribution in [0.4, 0.5) is 4.39 Å². The lowest BCUT2D eigenvalue weighted by Crippen LogP contribution is -2.61. The average molecular weight is 278 g/mol. The van der Waals surface area contributed by atoms with Gasteiger partial charge in [-0.05, 0) is 12.8 Å². The predicted molar refractivity (Wildman–Crippen MR) is 65.2 cm³/mol. The Morgan fingerprint density at radius 1 is 1.16 bits per heavy atom. The number of aliphatic hydroxyl groups is 2. The van der Waals surface area contributed by atoms with Gasteiger partial charge in [-0.2, -0.15) is 0 Å². The smallest absolute Gasteiger partial charge is 0.189 e. The molecule has 2 aliphatic heterocycles. The first-order valence-corrected chi connectivity index (χ1v) is 7.06. The summed E-state index contributed by atoms with van der Waals surface area (Å²) in [7, 11) is 0. The van der Waals surface area contributed by atoms with Gasteiger partial charge in [-0.25, -0.2) is 4.39 Å². The van der Waals surface area contributed by atoms with Gasteiger partial charge in [-0.3, -0.25) is 0 Å². The van der Waals surface area contributed by atoms with Crippen LogP contribution >= 0.6 is 0 Å². The third-order valence-electron chi connectivity index (χ3n) is 3.66. The van der Waals surface area contributed by atoms with Gasteiger partial charge in [0.2, 0.25) is 0 Å². The van der Waals surface area contributed by atoms with Crippen molar-refractivity contribution in [2.45, 2.75) is 76.1 Å². The molecule has 0 aromatic heterocycles. The van der Waals surface area contributed by atoms with Gasteiger partial charge in [0.15, 0.2) is 18.8 Å². The van der Waals surface area contributed by atoms with Crippen LogP contribution in [0.5, 0.6) is 0 Å². The molecule has 0 radical (unpaired) electrons. The Balaban J connectivity index is 1.80. The van der Waals surface area contributed by atoms with E-state index in [1.54, 1.807) is 0 Å². The standard InChI is InChI=1S/C13H23FO5/c1-2-3-4-5-6-9-17-7-8-12(19-9)11(15)10(14)13(16)18-8/h8-13,15-16H,2-7H2,1H3/t8-,9-,10-,11-,12-,13+/m1/s1. The van der Waals surface area contributed by atoms with Crippen LogP contribution < -0.4 is 0 Å². The molecule has 2 heterocycles. The van der Waals surface area contributed by atoms with Crippen LogP contribution in [0, 0.1) is 0 Å². The molecule has 5 nitrogen and oxygen atoms in total. The normalized spacial score (nSPS) is 42.9. The summed E-state index contributed by atoms with van der Waals surface area (Å²) in [4.78, 5) is 0. The molecule has 0 spiro atoms. The number of rotatable bonds is 5. The van der Waals surface area contributed by atoms with Gasteiger partial charge in [0.1, 0.15) is 18.3 Å². The van der Waals surface area contributed by atoms with Crippen molar-refractivity contribution < 1.29 is 28.8 Å². The van der Waals surface area contributed by atoms with E-state index in [0.717, 1.165) is 25.7 Å². The first-order chi connectivity index (χ1) is 9.13. The lowest BCUT2D eigenvalue weighted by atomic mass is 9.99. The van der Waals surface area contributed by atoms with Crippen molar-refractivity contribution in [3.05, 3.63) is 0 Å². The zero-order valence-corrected chi connectivity index (χ0v) is 11.2. The summed E-state index contributed by atoms with van der Waals surface area (Å²) in [6, 6.07) is 0. The maximum absolute atomic E-state index is 13.5. The molecule has 0 unspecified atom stereocenters. The van der Waals surface area contributed by atoms with Crippen LogP contribution in [0.25, 0.3) is 0 Å². The highest BCUT2D eigenvalue weighted by atomic mass is 19.1. The van der Waals surface area contributed by atoms with E-state index in [1.807, 2.05) is 0 Å². The SMILES string of the molecule is CCCCCC[C@@H]1OC[C@H]2O[C@H](O)[C@H](F)[C@@H](O)[C@@H]2O1. The molecule has 0 amide bonds. The Hall–Kier alpha value is -0.270. The first kappa shape index (κ1) is 15.1. The molecule has 0 aliphatic carbocycles. The molecule has 0 aromatic rings. The number of halogens is 1. The van der Waals surface area contributed by atoms with Gasteiger partial charge in [-0.1, -0.05) is 26.2 Å². The number of ether oxygens (including phenoxy) is 3. The topological polar surface area (TPSA) is 68.2 Å². The number of hydrogen-bond acceptors (Lipinski definition) is 5. The highest BCUT2D eigenvalue weighted by Crippen LogP contribution is 2.30. The average Bonchev–Trinajstić information content (AvgIpc) is 2.42. The largest absolute Gasteiger partial charge is 0.387 e. The zero-order chi connectivity index (χ0) is 13.8. The van der Waals surface area contributed by atoms with E-state index in [2.05, 4.69) is 6.92 Å². The zero-order valence-electron chi connectivity index (χ0n) is 11.2. The summed E-state index contributed by atoms with van der Waals surface area (Å²) in [6.07, 6.45) is -1.44. The van der Waals surface area contributed by atoms with Crippen molar-refractivity contribution >= 4 is 0 Å². The van der Waals surface area contributed by atoms with E-state index in [9.17, 15) is 14.6 Å². The highest BCUT2D eigenvalue weighted by Gasteiger charge is 2.48. The Kier molecular flexibility index (Phi) is 5.53. The molecule has 6 atom stereocenters. The van der Waals surface area contributed by atoms with Crippen molar-refractivity contribution in [1.29, 1.82) is 0 Å². The molecule has 19 heavy (non-hydrogen) atoms. The van der Waals surface area contributed by atoms with Gasteiger partial charge in [-0.15, -0.1) is 0 Å². The fourth-order valence-corrected chi connectivity index (χ4v) is 2.51. The molecule has 0 aromatic carbocycles. The summed E-state index contributed by atoms with van der Waals surface area (Å²) in [6.45, 7) is 2.35. The van der Waals surface area contributed by atoms with Gasteiger partial charge < -0.3 is 24.4 Å². The van der Waals surface area contributed by atoms with Crippen molar-refractivity contribution in [1.82, 2.24) is 0 Å². The van der Waals surface area contributed by atoms with Crippen molar-refractivity contribution in [3.63, 3.8) is 0 Å². The molecule has 2 fully saturated rings. The van der Waals surface area contributed by atoms with Crippen molar-refractivity contribution in [3.8, 4) is 0 Å². The predicted octanol–water partition coefficient (Wildman–Crippen LogP) is 1.11. The molecular weight excluding hydrogens is 255 g/mol. The second-order valence-electron chi connectivity index (χ2n) is 5.21. The molecular formula is C13H23FO5. The highest BCUT2D eigenvalue weighted by molar-refractivity contribution is 4.91. The molecule has 0 saturated carbocycles. The van der Waals surface area contributed by atoms with Crippen LogP contribution in [0.3, 0.4) is 0 Å². The fourth-order valence-electron chi connectivity index (χ4n) is 2.51. The lowest BCUT2D eigenvalue weighted by Gasteiger charge is -2.44. The third-order valence-corrected chi connectivity index (χ3v) is 3.66. The van der Waals surface area contributed by atoms with E-state index in [1.165, 1.54) is 6.42 Å². The summed E-state index contributed by atoms with van der Waals surface area (Å²) in [5.41, 5.74) is 0. The summed E-state index contributed by atoms with van der Waals surface area (Å²) >= 11 is 0. The summed E-state index contributed by atoms with van der Waals surface area (Å²) < 4.78 is 29.5. The van der Waals surface area contributed by atoms with Crippen molar-refractivity contribution in [2.24, 2.45) is 0 Å². The fraction of sp³-hybridized carbons (Fsp3) is 1.00. The molecule has 6 heteroatoms. The minimum absolute atomic E-state index is 0.212. The molecule has 112 valence electrons. The van der Waals surface area contributed by atoms with Gasteiger partial charge in [0.25, 0.3) is 0 Å². The third kappa shape index (κ3) is 3.64. The van der Waals surface area contributed by atoms with E-state index in [-0.39, 0.29) is 6.61 Å². The Bertz CT molecular complexity index is 274. The van der Waals surface area contributed by atoms with Crippen LogP contribution in [-0.4, -0.2) is 53.9 Å². The number of unbranched alkanes of at least 4 members (excludes halogenated alkanes) is 3. The van der Waals surface area contributed by atoms with Crippen LogP contribution in [0.2, 0.25) is 0 Å². The molecule has 2 aliphatic rings. The summed E-state index contributed by atoms with van der Waals surface area (Å²) in [5.74, 6) is 0. The molecule has 0 bridgehead atoms. The second-order valence-corrected chi connectivity index (χ2v) is 5.21.